The van der Waals surface area contributed by atoms with Crippen molar-refractivity contribution in [2.75, 3.05) is 87.7 Å². The van der Waals surface area contributed by atoms with Gasteiger partial charge in [-0.15, -0.1) is 16.4 Å². The normalized spacial score (nSPS) is 21.4. The van der Waals surface area contributed by atoms with Crippen molar-refractivity contribution in [1.82, 2.24) is 45.2 Å². The maximum absolute atomic E-state index is 15.2. The summed E-state index contributed by atoms with van der Waals surface area (Å²) < 4.78 is 49.1. The zero-order valence-electron chi connectivity index (χ0n) is 64.8. The van der Waals surface area contributed by atoms with E-state index in [2.05, 4.69) is 20.9 Å². The Kier molecular flexibility index (Phi) is 34.0. The van der Waals surface area contributed by atoms with Crippen molar-refractivity contribution in [3.8, 4) is 5.75 Å². The summed E-state index contributed by atoms with van der Waals surface area (Å²) in [4.78, 5) is 130. The van der Waals surface area contributed by atoms with Crippen LogP contribution in [0.5, 0.6) is 5.75 Å². The fourth-order valence-corrected chi connectivity index (χ4v) is 15.8. The summed E-state index contributed by atoms with van der Waals surface area (Å²) in [6.07, 6.45) is -7.56. The molecule has 3 aliphatic heterocycles. The molecule has 0 spiro atoms. The monoisotopic (exact) mass is 1550 g/mol. The number of fused-ring (bicyclic) bond motifs is 1. The van der Waals surface area contributed by atoms with Gasteiger partial charge in [-0.05, 0) is 54.2 Å². The molecule has 33 heteroatoms. The van der Waals surface area contributed by atoms with E-state index in [1.165, 1.54) is 53.9 Å². The second kappa shape index (κ2) is 42.0. The number of likely N-dealkylation sites (N-methyl/N-ethyl adjacent to an activating group) is 2. The topological polar surface area (TPSA) is 417 Å². The van der Waals surface area contributed by atoms with Crippen molar-refractivity contribution in [3.05, 3.63) is 76.4 Å². The van der Waals surface area contributed by atoms with Crippen LogP contribution in [-0.2, 0) is 86.1 Å². The van der Waals surface area contributed by atoms with Gasteiger partial charge in [0.05, 0.1) is 108 Å². The number of aromatic carboxylic acids is 1. The van der Waals surface area contributed by atoms with E-state index >= 15 is 4.79 Å². The number of rotatable bonds is 44. The molecule has 0 aliphatic carbocycles. The largest absolute Gasteiger partial charge is 0.480 e. The molecule has 3 aliphatic rings. The fraction of sp³-hybridized carbons (Fsp3) is 0.671. The minimum absolute atomic E-state index is 0.0517. The van der Waals surface area contributed by atoms with Crippen LogP contribution in [0.1, 0.15) is 140 Å². The highest BCUT2D eigenvalue weighted by Gasteiger charge is 2.48. The number of aliphatic carboxylic acids is 1. The molecule has 32 nitrogen and oxygen atoms in total. The highest BCUT2D eigenvalue weighted by Crippen LogP contribution is 2.42. The smallest absolute Gasteiger partial charge is 0.410 e. The summed E-state index contributed by atoms with van der Waals surface area (Å²) in [7, 11) is 5.85. The second-order valence-electron chi connectivity index (χ2n) is 29.0. The summed E-state index contributed by atoms with van der Waals surface area (Å²) >= 11 is 0.804. The van der Waals surface area contributed by atoms with Crippen molar-refractivity contribution in [1.29, 1.82) is 0 Å². The van der Waals surface area contributed by atoms with Crippen LogP contribution in [0.4, 0.5) is 4.79 Å². The maximum Gasteiger partial charge on any atom is 0.410 e. The number of likely N-dealkylation sites (tertiary alicyclic amines) is 2. The van der Waals surface area contributed by atoms with Crippen LogP contribution in [0.2, 0.25) is 0 Å². The van der Waals surface area contributed by atoms with Crippen LogP contribution in [0.15, 0.2) is 54.7 Å². The minimum Gasteiger partial charge on any atom is -0.480 e. The first kappa shape index (κ1) is 88.4. The third-order valence-corrected chi connectivity index (χ3v) is 22.3. The van der Waals surface area contributed by atoms with E-state index in [1.54, 1.807) is 77.0 Å². The molecule has 4 aromatic rings. The molecule has 606 valence electrons. The SMILES string of the molecule is CCC(CC)C1CC(=O)N(CCOCCOCCOCCn2cc(CC(OC(=O)N(C)[C@H](C(=O)N[C@H](C(=O)N(C)[C@@H](C(C)CC)[C@@H](CC(=O)N3CCC[C@H]3[C@H](OC)[C@@H](C)C(=O)NC(Cc3ccccc3)C(=O)O)OC)C(C)C)C(C)C)c3ccc(O[C@@H]4O[C@H](CO)[C@H](O)[C@H](O)[C@H]4O)c4cc(C(=O)O)sc34)nn2)C1=O. The van der Waals surface area contributed by atoms with Crippen LogP contribution in [-0.4, -0.2) is 279 Å². The Labute approximate surface area is 640 Å². The Bertz CT molecular complexity index is 3650. The number of methoxy groups -OCH3 is 2. The van der Waals surface area contributed by atoms with Crippen molar-refractivity contribution in [3.63, 3.8) is 0 Å². The number of aliphatic hydroxyl groups excluding tert-OH is 4. The lowest BCUT2D eigenvalue weighted by molar-refractivity contribution is -0.277. The van der Waals surface area contributed by atoms with E-state index in [9.17, 15) is 69.0 Å². The van der Waals surface area contributed by atoms with Gasteiger partial charge in [0.2, 0.25) is 41.7 Å². The van der Waals surface area contributed by atoms with Crippen LogP contribution in [0.3, 0.4) is 0 Å². The van der Waals surface area contributed by atoms with E-state index in [0.29, 0.717) is 31.5 Å². The zero-order valence-corrected chi connectivity index (χ0v) is 65.6. The molecule has 5 heterocycles. The quantitative estimate of drug-likeness (QED) is 0.0223. The first-order valence-electron chi connectivity index (χ1n) is 37.6. The number of thiophene rings is 1. The van der Waals surface area contributed by atoms with Gasteiger partial charge in [0, 0.05) is 76.0 Å². The predicted molar refractivity (Wildman–Crippen MR) is 396 cm³/mol. The predicted octanol–water partition coefficient (Wildman–Crippen LogP) is 4.48. The summed E-state index contributed by atoms with van der Waals surface area (Å²) in [5, 5.41) is 76.9. The summed E-state index contributed by atoms with van der Waals surface area (Å²) in [6, 6.07) is 8.12. The van der Waals surface area contributed by atoms with E-state index in [1.807, 2.05) is 33.8 Å². The highest BCUT2D eigenvalue weighted by atomic mass is 32.1. The van der Waals surface area contributed by atoms with Gasteiger partial charge in [-0.2, -0.15) is 0 Å². The number of hydrogen-bond donors (Lipinski definition) is 8. The molecule has 7 amide bonds. The maximum atomic E-state index is 15.2. The Morgan fingerprint density at radius 3 is 2.03 bits per heavy atom. The number of carboxylic acids is 2. The lowest BCUT2D eigenvalue weighted by Gasteiger charge is -2.41. The highest BCUT2D eigenvalue weighted by molar-refractivity contribution is 7.21. The number of aliphatic hydroxyl groups is 4. The third-order valence-electron chi connectivity index (χ3n) is 21.1. The summed E-state index contributed by atoms with van der Waals surface area (Å²) in [6.45, 7) is 17.7. The van der Waals surface area contributed by atoms with Crippen LogP contribution < -0.4 is 15.4 Å². The van der Waals surface area contributed by atoms with Crippen LogP contribution in [0, 0.1) is 35.5 Å². The number of amides is 7. The van der Waals surface area contributed by atoms with Gasteiger partial charge >= 0.3 is 18.0 Å². The molecule has 7 rings (SSSR count). The number of carbonyl (C=O) groups excluding carboxylic acids is 7. The lowest BCUT2D eigenvalue weighted by Crippen LogP contribution is -2.60. The Morgan fingerprint density at radius 2 is 1.43 bits per heavy atom. The molecule has 3 fully saturated rings. The van der Waals surface area contributed by atoms with Gasteiger partial charge in [-0.1, -0.05) is 123 Å². The van der Waals surface area contributed by atoms with Crippen molar-refractivity contribution >= 4 is 74.9 Å². The van der Waals surface area contributed by atoms with Crippen molar-refractivity contribution in [2.24, 2.45) is 35.5 Å². The Hall–Kier alpha value is -7.83. The van der Waals surface area contributed by atoms with E-state index < -0.39 is 139 Å². The third kappa shape index (κ3) is 22.7. The molecule has 8 N–H and O–H groups in total. The number of hydrogen-bond acceptors (Lipinski definition) is 24. The van der Waals surface area contributed by atoms with E-state index in [-0.39, 0.29) is 140 Å². The van der Waals surface area contributed by atoms with E-state index in [0.717, 1.165) is 34.6 Å². The Morgan fingerprint density at radius 1 is 0.771 bits per heavy atom. The number of nitrogens with zero attached hydrogens (tertiary/aromatic N) is 7. The number of benzene rings is 2. The van der Waals surface area contributed by atoms with Crippen molar-refractivity contribution in [2.45, 2.75) is 206 Å². The molecular weight excluding hydrogens is 1440 g/mol. The average Bonchev–Trinajstić information content (AvgIpc) is 1.65. The minimum atomic E-state index is -1.83. The number of aromatic nitrogens is 3. The molecule has 0 bridgehead atoms. The molecule has 109 heavy (non-hydrogen) atoms. The summed E-state index contributed by atoms with van der Waals surface area (Å²) in [5.74, 6) is -7.40. The van der Waals surface area contributed by atoms with Gasteiger partial charge in [0.15, 0.2) is 0 Å². The van der Waals surface area contributed by atoms with Gasteiger partial charge in [-0.25, -0.2) is 19.1 Å². The molecule has 16 atom stereocenters. The molecule has 4 unspecified atom stereocenters. The first-order chi connectivity index (χ1) is 51.9. The standard InChI is InChI=1S/C76H113N9O23S/c1-14-44(8)63(56(101-12)39-60(88)84-26-20-23-53(84)67(102-13)45(9)69(92)77-52(73(96)97)35-46-21-18-17-19-22-46)81(10)72(95)61(42(4)5)78-70(93)62(43(6)7)82(11)76(100)108-55(49-24-25-54(51-37-58(74(98)99)109-68(49)51)106-75-66(91)65(90)64(89)57(41-86)107-75)36-48-40-83(80-79-48)27-29-103-31-33-105-34-32-104-30-28-85-59(87)38-50(71(85)94)47(15-2)16-3/h17-19,21-22,24-25,37,40,42-45,47,50,52-53,55-57,61-67,75,86,89-91H,14-16,20,23,26-36,38-39,41H2,1-13H3,(H,77,92)(H,78,93)(H,96,97)(H,98,99)/t44?,45-,50?,52?,53+,55?,56-,57-,61+,62+,63+,64+,65+,66-,67-,75-/m1/s1. The number of ether oxygens (including phenoxy) is 8. The number of nitrogens with one attached hydrogen (secondary N) is 2. The van der Waals surface area contributed by atoms with Gasteiger partial charge in [0.1, 0.15) is 59.3 Å². The van der Waals surface area contributed by atoms with Crippen LogP contribution in [0.25, 0.3) is 10.1 Å². The number of carboxylic acid groups (broad SMARTS) is 2. The summed E-state index contributed by atoms with van der Waals surface area (Å²) in [5.41, 5.74) is 1.27. The molecule has 0 saturated carbocycles. The second-order valence-corrected chi connectivity index (χ2v) is 30.0. The first-order valence-corrected chi connectivity index (χ1v) is 38.4. The molecule has 2 aromatic heterocycles. The van der Waals surface area contributed by atoms with Crippen molar-refractivity contribution < 1.29 is 112 Å². The molecule has 3 saturated heterocycles. The van der Waals surface area contributed by atoms with Gasteiger partial charge < -0.3 is 89.0 Å². The zero-order chi connectivity index (χ0) is 80.1. The number of imide groups is 1. The molecule has 0 radical (unpaired) electrons. The van der Waals surface area contributed by atoms with E-state index in [4.69, 9.17) is 37.9 Å². The number of carbonyl (C=O) groups is 9. The van der Waals surface area contributed by atoms with Gasteiger partial charge in [0.25, 0.3) is 0 Å². The van der Waals surface area contributed by atoms with Crippen LogP contribution >= 0.6 is 11.3 Å². The molecular formula is C76H113N9O23S. The van der Waals surface area contributed by atoms with Gasteiger partial charge in [-0.3, -0.25) is 38.6 Å². The molecule has 2 aromatic carbocycles. The fourth-order valence-electron chi connectivity index (χ4n) is 14.7. The lowest BCUT2D eigenvalue weighted by atomic mass is 9.87. The average molecular weight is 1550 g/mol. The Balaban J connectivity index is 1.04.